The summed E-state index contributed by atoms with van der Waals surface area (Å²) >= 11 is 0. The molecule has 0 aliphatic carbocycles. The predicted octanol–water partition coefficient (Wildman–Crippen LogP) is 3.05. The molecule has 134 valence electrons. The second-order valence-electron chi connectivity index (χ2n) is 5.78. The fourth-order valence-electron chi connectivity index (χ4n) is 2.46. The van der Waals surface area contributed by atoms with E-state index in [4.69, 9.17) is 0 Å². The normalized spacial score (nSPS) is 12.7. The molecule has 0 bridgehead atoms. The molecule has 0 aliphatic rings. The number of benzene rings is 2. The van der Waals surface area contributed by atoms with Crippen molar-refractivity contribution in [3.05, 3.63) is 71.5 Å². The van der Waals surface area contributed by atoms with Gasteiger partial charge < -0.3 is 15.7 Å². The van der Waals surface area contributed by atoms with E-state index >= 15 is 0 Å². The maximum absolute atomic E-state index is 12.9. The monoisotopic (exact) mass is 343 g/mol. The number of aliphatic imine (C=N–C) groups is 1. The van der Waals surface area contributed by atoms with Gasteiger partial charge in [0.15, 0.2) is 5.96 Å². The van der Waals surface area contributed by atoms with Gasteiger partial charge in [-0.25, -0.2) is 4.39 Å². The molecule has 3 N–H and O–H groups in total. The third kappa shape index (κ3) is 6.93. The molecule has 5 heteroatoms. The molecule has 0 aromatic heterocycles. The molecular weight excluding hydrogens is 317 g/mol. The molecule has 2 aromatic rings. The highest BCUT2D eigenvalue weighted by atomic mass is 19.1. The summed E-state index contributed by atoms with van der Waals surface area (Å²) in [4.78, 5) is 4.50. The van der Waals surface area contributed by atoms with Gasteiger partial charge in [-0.15, -0.1) is 0 Å². The van der Waals surface area contributed by atoms with Gasteiger partial charge in [-0.1, -0.05) is 42.5 Å². The fourth-order valence-corrected chi connectivity index (χ4v) is 2.46. The van der Waals surface area contributed by atoms with E-state index in [1.165, 1.54) is 12.1 Å². The summed E-state index contributed by atoms with van der Waals surface area (Å²) in [6.45, 7) is 4.01. The van der Waals surface area contributed by atoms with Crippen LogP contribution in [0.5, 0.6) is 0 Å². The first-order chi connectivity index (χ1) is 12.2. The summed E-state index contributed by atoms with van der Waals surface area (Å²) in [6, 6.07) is 16.1. The first-order valence-corrected chi connectivity index (χ1v) is 8.68. The Hall–Kier alpha value is -2.40. The summed E-state index contributed by atoms with van der Waals surface area (Å²) in [5, 5.41) is 16.6. The van der Waals surface area contributed by atoms with Crippen LogP contribution in [-0.2, 0) is 6.42 Å². The van der Waals surface area contributed by atoms with Gasteiger partial charge in [0, 0.05) is 19.6 Å². The van der Waals surface area contributed by atoms with E-state index in [1.54, 1.807) is 12.1 Å². The molecule has 0 amide bonds. The molecule has 0 spiro atoms. The van der Waals surface area contributed by atoms with Crippen molar-refractivity contribution in [3.63, 3.8) is 0 Å². The summed E-state index contributed by atoms with van der Waals surface area (Å²) < 4.78 is 12.9. The van der Waals surface area contributed by atoms with Gasteiger partial charge in [0.05, 0.1) is 6.10 Å². The lowest BCUT2D eigenvalue weighted by molar-refractivity contribution is 0.170. The third-order valence-corrected chi connectivity index (χ3v) is 3.82. The quantitative estimate of drug-likeness (QED) is 0.510. The Morgan fingerprint density at radius 3 is 2.48 bits per heavy atom. The minimum atomic E-state index is -0.507. The van der Waals surface area contributed by atoms with Gasteiger partial charge in [-0.3, -0.25) is 4.99 Å². The maximum atomic E-state index is 12.9. The highest BCUT2D eigenvalue weighted by molar-refractivity contribution is 5.79. The Morgan fingerprint density at radius 2 is 1.80 bits per heavy atom. The Labute approximate surface area is 148 Å². The first kappa shape index (κ1) is 18.9. The Kier molecular flexibility index (Phi) is 7.92. The number of nitrogens with one attached hydrogen (secondary N) is 2. The number of rotatable bonds is 8. The van der Waals surface area contributed by atoms with Crippen molar-refractivity contribution in [1.82, 2.24) is 10.6 Å². The number of nitrogens with zero attached hydrogens (tertiary/aromatic N) is 1. The van der Waals surface area contributed by atoms with Crippen molar-refractivity contribution in [2.45, 2.75) is 25.9 Å². The zero-order valence-electron chi connectivity index (χ0n) is 14.6. The standard InChI is InChI=1S/C20H26FN3O/c1-2-22-20(23-14-12-16-8-10-18(21)11-9-16)24-15-13-19(25)17-6-4-3-5-7-17/h3-11,19,25H,2,12-15H2,1H3,(H2,22,23,24). The van der Waals surface area contributed by atoms with Crippen LogP contribution in [0.2, 0.25) is 0 Å². The summed E-state index contributed by atoms with van der Waals surface area (Å²) in [7, 11) is 0. The van der Waals surface area contributed by atoms with E-state index in [0.29, 0.717) is 19.5 Å². The molecule has 0 fully saturated rings. The second kappa shape index (κ2) is 10.5. The number of guanidine groups is 1. The van der Waals surface area contributed by atoms with Crippen molar-refractivity contribution in [2.75, 3.05) is 19.6 Å². The van der Waals surface area contributed by atoms with E-state index in [-0.39, 0.29) is 5.82 Å². The van der Waals surface area contributed by atoms with Gasteiger partial charge in [-0.2, -0.15) is 0 Å². The van der Waals surface area contributed by atoms with Gasteiger partial charge in [0.25, 0.3) is 0 Å². The van der Waals surface area contributed by atoms with E-state index in [2.05, 4.69) is 15.6 Å². The SMILES string of the molecule is CCNC(=NCCC(O)c1ccccc1)NCCc1ccc(F)cc1. The van der Waals surface area contributed by atoms with E-state index in [1.807, 2.05) is 37.3 Å². The van der Waals surface area contributed by atoms with Crippen LogP contribution in [0, 0.1) is 5.82 Å². The van der Waals surface area contributed by atoms with Crippen LogP contribution in [0.4, 0.5) is 4.39 Å². The van der Waals surface area contributed by atoms with Crippen molar-refractivity contribution in [1.29, 1.82) is 0 Å². The van der Waals surface area contributed by atoms with Crippen molar-refractivity contribution in [2.24, 2.45) is 4.99 Å². The smallest absolute Gasteiger partial charge is 0.191 e. The van der Waals surface area contributed by atoms with Crippen LogP contribution in [0.1, 0.15) is 30.6 Å². The van der Waals surface area contributed by atoms with E-state index in [0.717, 1.165) is 30.1 Å². The Morgan fingerprint density at radius 1 is 1.08 bits per heavy atom. The highest BCUT2D eigenvalue weighted by Gasteiger charge is 2.06. The molecule has 2 aromatic carbocycles. The average molecular weight is 343 g/mol. The molecular formula is C20H26FN3O. The van der Waals surface area contributed by atoms with Crippen LogP contribution in [-0.4, -0.2) is 30.7 Å². The first-order valence-electron chi connectivity index (χ1n) is 8.68. The maximum Gasteiger partial charge on any atom is 0.191 e. The summed E-state index contributed by atoms with van der Waals surface area (Å²) in [6.07, 6.45) is 0.850. The molecule has 0 aliphatic heterocycles. The molecule has 0 saturated carbocycles. The Bertz CT molecular complexity index is 644. The molecule has 0 heterocycles. The van der Waals surface area contributed by atoms with Gasteiger partial charge in [-0.05, 0) is 43.0 Å². The fraction of sp³-hybridized carbons (Fsp3) is 0.350. The van der Waals surface area contributed by atoms with E-state index < -0.39 is 6.10 Å². The molecule has 0 saturated heterocycles. The van der Waals surface area contributed by atoms with Gasteiger partial charge >= 0.3 is 0 Å². The van der Waals surface area contributed by atoms with Crippen molar-refractivity contribution >= 4 is 5.96 Å². The van der Waals surface area contributed by atoms with E-state index in [9.17, 15) is 9.50 Å². The lowest BCUT2D eigenvalue weighted by Gasteiger charge is -2.13. The summed E-state index contributed by atoms with van der Waals surface area (Å²) in [5.41, 5.74) is 1.98. The number of aliphatic hydroxyl groups is 1. The molecule has 25 heavy (non-hydrogen) atoms. The minimum absolute atomic E-state index is 0.219. The summed E-state index contributed by atoms with van der Waals surface area (Å²) in [5.74, 6) is 0.508. The highest BCUT2D eigenvalue weighted by Crippen LogP contribution is 2.15. The number of halogens is 1. The van der Waals surface area contributed by atoms with Crippen LogP contribution in [0.3, 0.4) is 0 Å². The second-order valence-corrected chi connectivity index (χ2v) is 5.78. The lowest BCUT2D eigenvalue weighted by Crippen LogP contribution is -2.38. The Balaban J connectivity index is 1.78. The minimum Gasteiger partial charge on any atom is -0.388 e. The van der Waals surface area contributed by atoms with Crippen LogP contribution >= 0.6 is 0 Å². The number of hydrogen-bond acceptors (Lipinski definition) is 2. The molecule has 1 atom stereocenters. The predicted molar refractivity (Wildman–Crippen MR) is 100 cm³/mol. The number of hydrogen-bond donors (Lipinski definition) is 3. The van der Waals surface area contributed by atoms with Gasteiger partial charge in [0.1, 0.15) is 5.82 Å². The van der Waals surface area contributed by atoms with Crippen LogP contribution < -0.4 is 10.6 Å². The zero-order chi connectivity index (χ0) is 17.9. The van der Waals surface area contributed by atoms with Crippen molar-refractivity contribution < 1.29 is 9.50 Å². The van der Waals surface area contributed by atoms with Crippen LogP contribution in [0.15, 0.2) is 59.6 Å². The molecule has 2 rings (SSSR count). The molecule has 4 nitrogen and oxygen atoms in total. The largest absolute Gasteiger partial charge is 0.388 e. The van der Waals surface area contributed by atoms with Crippen molar-refractivity contribution in [3.8, 4) is 0 Å². The zero-order valence-corrected chi connectivity index (χ0v) is 14.6. The topological polar surface area (TPSA) is 56.7 Å². The van der Waals surface area contributed by atoms with Gasteiger partial charge in [0.2, 0.25) is 0 Å². The molecule has 0 radical (unpaired) electrons. The lowest BCUT2D eigenvalue weighted by atomic mass is 10.1. The van der Waals surface area contributed by atoms with Crippen LogP contribution in [0.25, 0.3) is 0 Å². The third-order valence-electron chi connectivity index (χ3n) is 3.82. The average Bonchev–Trinajstić information content (AvgIpc) is 2.64. The number of aliphatic hydroxyl groups excluding tert-OH is 1. The molecule has 1 unspecified atom stereocenters.